The molecule has 0 aliphatic rings. The zero-order valence-corrected chi connectivity index (χ0v) is 14.8. The van der Waals surface area contributed by atoms with Crippen molar-refractivity contribution in [2.24, 2.45) is 0 Å². The van der Waals surface area contributed by atoms with E-state index in [1.807, 2.05) is 0 Å². The van der Waals surface area contributed by atoms with Crippen LogP contribution in [0.2, 0.25) is 5.02 Å². The molecule has 0 saturated heterocycles. The summed E-state index contributed by atoms with van der Waals surface area (Å²) in [5.74, 6) is -0.269. The molecule has 27 heavy (non-hydrogen) atoms. The van der Waals surface area contributed by atoms with Gasteiger partial charge in [0.05, 0.1) is 23.6 Å². The molecule has 7 heteroatoms. The summed E-state index contributed by atoms with van der Waals surface area (Å²) in [4.78, 5) is 29.4. The first-order valence-corrected chi connectivity index (χ1v) is 8.29. The number of rotatable bonds is 3. The number of hydrogen-bond acceptors (Lipinski definition) is 6. The lowest BCUT2D eigenvalue weighted by atomic mass is 10.0. The van der Waals surface area contributed by atoms with Crippen molar-refractivity contribution in [3.63, 3.8) is 0 Å². The monoisotopic (exact) mass is 381 g/mol. The smallest absolute Gasteiger partial charge is 0.345 e. The summed E-state index contributed by atoms with van der Waals surface area (Å²) >= 11 is 6.03. The second-order valence-electron chi connectivity index (χ2n) is 5.86. The molecule has 0 atom stereocenters. The lowest BCUT2D eigenvalue weighted by molar-refractivity contribution is 0.103. The van der Waals surface area contributed by atoms with Crippen molar-refractivity contribution in [2.45, 2.75) is 0 Å². The van der Waals surface area contributed by atoms with E-state index in [4.69, 9.17) is 20.8 Å². The topological polar surface area (TPSA) is 89.6 Å². The minimum absolute atomic E-state index is 0.0451. The normalized spacial score (nSPS) is 11.0. The maximum atomic E-state index is 12.8. The number of ether oxygens (including phenoxy) is 1. The van der Waals surface area contributed by atoms with Crippen molar-refractivity contribution in [3.05, 3.63) is 75.2 Å². The first-order chi connectivity index (χ1) is 13.0. The molecule has 0 fully saturated rings. The first-order valence-electron chi connectivity index (χ1n) is 7.92. The molecule has 1 N–H and O–H groups in total. The van der Waals surface area contributed by atoms with Crippen LogP contribution >= 0.6 is 11.6 Å². The standard InChI is InChI=1S/C20H12ClNO5/c1-26-12-3-4-16(23)13(8-12)19(24)10-6-15-18(22-9-10)14-7-11(21)2-5-17(14)27-20(15)25/h2-9,23H,1H3. The number of aromatic nitrogens is 1. The molecular formula is C20H12ClNO5. The summed E-state index contributed by atoms with van der Waals surface area (Å²) in [6.07, 6.45) is 1.35. The molecule has 0 radical (unpaired) electrons. The molecule has 2 aromatic heterocycles. The number of hydrogen-bond donors (Lipinski definition) is 1. The van der Waals surface area contributed by atoms with Gasteiger partial charge in [0.1, 0.15) is 17.1 Å². The number of benzene rings is 2. The average Bonchev–Trinajstić information content (AvgIpc) is 2.68. The SMILES string of the molecule is COc1ccc(O)c(C(=O)c2cnc3c(c2)c(=O)oc2ccc(Cl)cc23)c1. The van der Waals surface area contributed by atoms with Crippen molar-refractivity contribution in [2.75, 3.05) is 7.11 Å². The molecule has 0 bridgehead atoms. The molecule has 2 aromatic carbocycles. The Bertz CT molecular complexity index is 1280. The Morgan fingerprint density at radius 3 is 2.74 bits per heavy atom. The number of halogens is 1. The number of phenolic OH excluding ortho intramolecular Hbond substituents is 1. The van der Waals surface area contributed by atoms with Crippen LogP contribution in [0.15, 0.2) is 57.9 Å². The fourth-order valence-corrected chi connectivity index (χ4v) is 3.04. The molecule has 4 rings (SSSR count). The van der Waals surface area contributed by atoms with Crippen molar-refractivity contribution in [1.82, 2.24) is 4.98 Å². The summed E-state index contributed by atoms with van der Waals surface area (Å²) in [6, 6.07) is 10.6. The highest BCUT2D eigenvalue weighted by atomic mass is 35.5. The van der Waals surface area contributed by atoms with Crippen LogP contribution in [0.5, 0.6) is 11.5 Å². The molecule has 0 saturated carbocycles. The number of aromatic hydroxyl groups is 1. The van der Waals surface area contributed by atoms with Crippen molar-refractivity contribution in [1.29, 1.82) is 0 Å². The van der Waals surface area contributed by atoms with E-state index >= 15 is 0 Å². The van der Waals surface area contributed by atoms with Gasteiger partial charge in [-0.25, -0.2) is 4.79 Å². The fourth-order valence-electron chi connectivity index (χ4n) is 2.87. The predicted octanol–water partition coefficient (Wildman–Crippen LogP) is 3.94. The van der Waals surface area contributed by atoms with Crippen LogP contribution in [0, 0.1) is 0 Å². The lowest BCUT2D eigenvalue weighted by Crippen LogP contribution is -2.07. The van der Waals surface area contributed by atoms with Crippen molar-refractivity contribution < 1.29 is 19.1 Å². The van der Waals surface area contributed by atoms with Crippen LogP contribution in [-0.4, -0.2) is 23.0 Å². The Hall–Kier alpha value is -3.38. The van der Waals surface area contributed by atoms with E-state index in [-0.39, 0.29) is 22.3 Å². The quantitative estimate of drug-likeness (QED) is 0.328. The second kappa shape index (κ2) is 6.41. The molecule has 0 aliphatic heterocycles. The van der Waals surface area contributed by atoms with E-state index in [1.54, 1.807) is 18.2 Å². The van der Waals surface area contributed by atoms with Crippen molar-refractivity contribution in [3.8, 4) is 11.5 Å². The maximum absolute atomic E-state index is 12.8. The molecule has 2 heterocycles. The minimum Gasteiger partial charge on any atom is -0.507 e. The van der Waals surface area contributed by atoms with E-state index < -0.39 is 11.4 Å². The van der Waals surface area contributed by atoms with Gasteiger partial charge in [0.2, 0.25) is 0 Å². The summed E-state index contributed by atoms with van der Waals surface area (Å²) in [7, 11) is 1.46. The molecule has 0 aliphatic carbocycles. The molecule has 4 aromatic rings. The number of carbonyl (C=O) groups is 1. The van der Waals surface area contributed by atoms with Gasteiger partial charge in [-0.1, -0.05) is 11.6 Å². The van der Waals surface area contributed by atoms with Crippen LogP contribution in [0.3, 0.4) is 0 Å². The molecule has 6 nitrogen and oxygen atoms in total. The van der Waals surface area contributed by atoms with Crippen molar-refractivity contribution >= 4 is 39.3 Å². The number of nitrogens with zero attached hydrogens (tertiary/aromatic N) is 1. The number of pyridine rings is 1. The third-order valence-corrected chi connectivity index (χ3v) is 4.45. The number of carbonyl (C=O) groups excluding carboxylic acids is 1. The lowest BCUT2D eigenvalue weighted by Gasteiger charge is -2.08. The van der Waals surface area contributed by atoms with Crippen LogP contribution in [-0.2, 0) is 0 Å². The zero-order valence-electron chi connectivity index (χ0n) is 14.0. The number of fused-ring (bicyclic) bond motifs is 3. The Labute approximate surface area is 157 Å². The third-order valence-electron chi connectivity index (χ3n) is 4.22. The maximum Gasteiger partial charge on any atom is 0.345 e. The van der Waals surface area contributed by atoms with Gasteiger partial charge in [0.25, 0.3) is 0 Å². The van der Waals surface area contributed by atoms with E-state index in [0.717, 1.165) is 0 Å². The highest BCUT2D eigenvalue weighted by Crippen LogP contribution is 2.28. The second-order valence-corrected chi connectivity index (χ2v) is 6.30. The van der Waals surface area contributed by atoms with Gasteiger partial charge >= 0.3 is 5.63 Å². The van der Waals surface area contributed by atoms with E-state index in [9.17, 15) is 14.7 Å². The van der Waals surface area contributed by atoms with Crippen LogP contribution < -0.4 is 10.4 Å². The Balaban J connectivity index is 1.91. The van der Waals surface area contributed by atoms with Gasteiger partial charge in [-0.05, 0) is 42.5 Å². The Morgan fingerprint density at radius 1 is 1.15 bits per heavy atom. The van der Waals surface area contributed by atoms with Crippen LogP contribution in [0.4, 0.5) is 0 Å². The molecule has 0 unspecified atom stereocenters. The average molecular weight is 382 g/mol. The summed E-state index contributed by atoms with van der Waals surface area (Å²) in [5.41, 5.74) is 0.310. The van der Waals surface area contributed by atoms with Gasteiger partial charge in [-0.3, -0.25) is 9.78 Å². The zero-order chi connectivity index (χ0) is 19.1. The Morgan fingerprint density at radius 2 is 1.96 bits per heavy atom. The van der Waals surface area contributed by atoms with Gasteiger partial charge in [0, 0.05) is 22.2 Å². The van der Waals surface area contributed by atoms with Gasteiger partial charge < -0.3 is 14.3 Å². The number of phenols is 1. The van der Waals surface area contributed by atoms with Gasteiger partial charge in [0.15, 0.2) is 5.78 Å². The van der Waals surface area contributed by atoms with Crippen LogP contribution in [0.25, 0.3) is 21.9 Å². The van der Waals surface area contributed by atoms with E-state index in [1.165, 1.54) is 37.6 Å². The molecule has 0 spiro atoms. The largest absolute Gasteiger partial charge is 0.507 e. The summed E-state index contributed by atoms with van der Waals surface area (Å²) in [6.45, 7) is 0. The van der Waals surface area contributed by atoms with Crippen LogP contribution in [0.1, 0.15) is 15.9 Å². The minimum atomic E-state index is -0.614. The van der Waals surface area contributed by atoms with E-state index in [2.05, 4.69) is 4.98 Å². The predicted molar refractivity (Wildman–Crippen MR) is 101 cm³/mol. The fraction of sp³-hybridized carbons (Fsp3) is 0.0500. The Kier molecular flexibility index (Phi) is 4.05. The molecule has 134 valence electrons. The van der Waals surface area contributed by atoms with E-state index in [0.29, 0.717) is 27.3 Å². The molecular weight excluding hydrogens is 370 g/mol. The summed E-state index contributed by atoms with van der Waals surface area (Å²) in [5, 5.41) is 11.2. The number of methoxy groups -OCH3 is 1. The van der Waals surface area contributed by atoms with Gasteiger partial charge in [-0.2, -0.15) is 0 Å². The highest BCUT2D eigenvalue weighted by molar-refractivity contribution is 6.31. The number of ketones is 1. The highest BCUT2D eigenvalue weighted by Gasteiger charge is 2.18. The van der Waals surface area contributed by atoms with Gasteiger partial charge in [-0.15, -0.1) is 0 Å². The summed E-state index contributed by atoms with van der Waals surface area (Å²) < 4.78 is 10.4. The third kappa shape index (κ3) is 2.90. The molecule has 0 amide bonds. The first kappa shape index (κ1) is 17.1.